The molecule has 3 aromatic rings. The maximum atomic E-state index is 13.1. The Morgan fingerprint density at radius 2 is 1.73 bits per heavy atom. The van der Waals surface area contributed by atoms with Crippen molar-refractivity contribution in [2.45, 2.75) is 12.3 Å². The van der Waals surface area contributed by atoms with E-state index in [9.17, 15) is 23.3 Å². The Hall–Kier alpha value is -3.13. The van der Waals surface area contributed by atoms with Gasteiger partial charge in [-0.25, -0.2) is 0 Å². The lowest BCUT2D eigenvalue weighted by Crippen LogP contribution is -2.21. The van der Waals surface area contributed by atoms with Crippen molar-refractivity contribution in [2.24, 2.45) is 5.73 Å². The molecule has 0 spiro atoms. The predicted octanol–water partition coefficient (Wildman–Crippen LogP) is 4.84. The number of nitro groups is 1. The van der Waals surface area contributed by atoms with Crippen LogP contribution in [-0.4, -0.2) is 4.92 Å². The number of hydrogen-bond acceptors (Lipinski definition) is 4. The summed E-state index contributed by atoms with van der Waals surface area (Å²) in [5.74, 6) is 0. The van der Waals surface area contributed by atoms with Crippen LogP contribution in [0.1, 0.15) is 17.3 Å². The zero-order chi connectivity index (χ0) is 18.9. The minimum absolute atomic E-state index is 0.0448. The van der Waals surface area contributed by atoms with Crippen molar-refractivity contribution in [1.82, 2.24) is 0 Å². The van der Waals surface area contributed by atoms with E-state index in [1.165, 1.54) is 6.07 Å². The number of nitrogens with two attached hydrogens (primary N) is 1. The van der Waals surface area contributed by atoms with Crippen molar-refractivity contribution in [3.05, 3.63) is 81.9 Å². The highest BCUT2D eigenvalue weighted by Gasteiger charge is 2.38. The molecule has 5 nitrogen and oxygen atoms in total. The van der Waals surface area contributed by atoms with E-state index in [4.69, 9.17) is 5.73 Å². The fourth-order valence-corrected chi connectivity index (χ4v) is 2.79. The first-order valence-corrected chi connectivity index (χ1v) is 7.63. The number of fused-ring (bicyclic) bond motifs is 1. The summed E-state index contributed by atoms with van der Waals surface area (Å²) >= 11 is 0. The highest BCUT2D eigenvalue weighted by Crippen LogP contribution is 2.38. The Morgan fingerprint density at radius 1 is 1.04 bits per heavy atom. The summed E-state index contributed by atoms with van der Waals surface area (Å²) in [7, 11) is 0. The summed E-state index contributed by atoms with van der Waals surface area (Å²) < 4.78 is 39.3. The molecule has 3 rings (SSSR count). The maximum absolute atomic E-state index is 13.1. The monoisotopic (exact) mass is 361 g/mol. The molecule has 0 bridgehead atoms. The second-order valence-corrected chi connectivity index (χ2v) is 5.68. The molecule has 0 heterocycles. The number of nitro benzene ring substituents is 1. The van der Waals surface area contributed by atoms with E-state index in [1.807, 2.05) is 30.3 Å². The van der Waals surface area contributed by atoms with Gasteiger partial charge in [-0.05, 0) is 28.5 Å². The van der Waals surface area contributed by atoms with Crippen LogP contribution in [0.4, 0.5) is 24.5 Å². The number of rotatable bonds is 4. The molecule has 0 amide bonds. The SMILES string of the molecule is NC(Nc1ccc([N+](=O)[O-])c(C(F)(F)F)c1)c1cccc2ccccc12. The van der Waals surface area contributed by atoms with Gasteiger partial charge < -0.3 is 11.1 Å². The molecule has 0 aliphatic rings. The number of hydrogen-bond donors (Lipinski definition) is 2. The van der Waals surface area contributed by atoms with E-state index in [-0.39, 0.29) is 5.69 Å². The number of anilines is 1. The van der Waals surface area contributed by atoms with Gasteiger partial charge >= 0.3 is 6.18 Å². The van der Waals surface area contributed by atoms with Crippen LogP contribution in [-0.2, 0) is 6.18 Å². The van der Waals surface area contributed by atoms with E-state index in [0.29, 0.717) is 11.6 Å². The quantitative estimate of drug-likeness (QED) is 0.396. The van der Waals surface area contributed by atoms with Crippen LogP contribution in [0.3, 0.4) is 0 Å². The van der Waals surface area contributed by atoms with Crippen LogP contribution in [0.25, 0.3) is 10.8 Å². The minimum Gasteiger partial charge on any atom is -0.366 e. The molecule has 0 aliphatic heterocycles. The van der Waals surface area contributed by atoms with Gasteiger partial charge in [0.05, 0.1) is 4.92 Å². The first-order valence-electron chi connectivity index (χ1n) is 7.63. The Balaban J connectivity index is 1.97. The second-order valence-electron chi connectivity index (χ2n) is 5.68. The van der Waals surface area contributed by atoms with Crippen LogP contribution in [0.5, 0.6) is 0 Å². The van der Waals surface area contributed by atoms with Gasteiger partial charge in [0.25, 0.3) is 5.69 Å². The third-order valence-electron chi connectivity index (χ3n) is 3.98. The van der Waals surface area contributed by atoms with Gasteiger partial charge in [0.2, 0.25) is 0 Å². The Labute approximate surface area is 146 Å². The zero-order valence-corrected chi connectivity index (χ0v) is 13.3. The van der Waals surface area contributed by atoms with Gasteiger partial charge in [-0.1, -0.05) is 42.5 Å². The van der Waals surface area contributed by atoms with Crippen LogP contribution >= 0.6 is 0 Å². The lowest BCUT2D eigenvalue weighted by atomic mass is 10.0. The molecule has 0 radical (unpaired) electrons. The van der Waals surface area contributed by atoms with Crippen LogP contribution in [0.2, 0.25) is 0 Å². The maximum Gasteiger partial charge on any atom is 0.423 e. The normalized spacial score (nSPS) is 12.8. The molecule has 1 atom stereocenters. The van der Waals surface area contributed by atoms with Crippen molar-refractivity contribution >= 4 is 22.1 Å². The van der Waals surface area contributed by atoms with Gasteiger partial charge in [0.15, 0.2) is 0 Å². The second kappa shape index (κ2) is 6.64. The number of alkyl halides is 3. The molecule has 8 heteroatoms. The van der Waals surface area contributed by atoms with Gasteiger partial charge in [0, 0.05) is 11.8 Å². The Kier molecular flexibility index (Phi) is 4.52. The molecule has 3 N–H and O–H groups in total. The predicted molar refractivity (Wildman–Crippen MR) is 92.6 cm³/mol. The van der Waals surface area contributed by atoms with Crippen molar-refractivity contribution in [1.29, 1.82) is 0 Å². The molecule has 0 fully saturated rings. The largest absolute Gasteiger partial charge is 0.423 e. The van der Waals surface area contributed by atoms with Gasteiger partial charge in [0.1, 0.15) is 11.7 Å². The number of benzene rings is 3. The topological polar surface area (TPSA) is 81.2 Å². The fourth-order valence-electron chi connectivity index (χ4n) is 2.79. The lowest BCUT2D eigenvalue weighted by Gasteiger charge is -2.18. The van der Waals surface area contributed by atoms with E-state index in [1.54, 1.807) is 12.1 Å². The van der Waals surface area contributed by atoms with E-state index in [0.717, 1.165) is 16.8 Å². The summed E-state index contributed by atoms with van der Waals surface area (Å²) in [4.78, 5) is 9.77. The highest BCUT2D eigenvalue weighted by molar-refractivity contribution is 5.86. The van der Waals surface area contributed by atoms with Gasteiger partial charge in [-0.15, -0.1) is 0 Å². The standard InChI is InChI=1S/C18H14F3N3O2/c19-18(20,21)15-10-12(8-9-16(15)24(25)26)23-17(22)14-7-3-5-11-4-1-2-6-13(11)14/h1-10,17,23H,22H2. The molecule has 26 heavy (non-hydrogen) atoms. The average molecular weight is 361 g/mol. The van der Waals surface area contributed by atoms with Crippen LogP contribution < -0.4 is 11.1 Å². The summed E-state index contributed by atoms with van der Waals surface area (Å²) in [6.45, 7) is 0. The van der Waals surface area contributed by atoms with Gasteiger partial charge in [-0.3, -0.25) is 10.1 Å². The summed E-state index contributed by atoms with van der Waals surface area (Å²) in [6.07, 6.45) is -5.63. The number of halogens is 3. The average Bonchev–Trinajstić information content (AvgIpc) is 2.60. The molecular formula is C18H14F3N3O2. The summed E-state index contributed by atoms with van der Waals surface area (Å²) in [5.41, 5.74) is 4.55. The molecule has 0 aromatic heterocycles. The van der Waals surface area contributed by atoms with Crippen molar-refractivity contribution in [2.75, 3.05) is 5.32 Å². The van der Waals surface area contributed by atoms with Crippen molar-refractivity contribution < 1.29 is 18.1 Å². The molecule has 0 saturated carbocycles. The van der Waals surface area contributed by atoms with Gasteiger partial charge in [-0.2, -0.15) is 13.2 Å². The first kappa shape index (κ1) is 17.7. The van der Waals surface area contributed by atoms with Crippen molar-refractivity contribution in [3.63, 3.8) is 0 Å². The molecular weight excluding hydrogens is 347 g/mol. The molecule has 0 aliphatic carbocycles. The van der Waals surface area contributed by atoms with E-state index < -0.39 is 28.5 Å². The molecule has 3 aromatic carbocycles. The first-order chi connectivity index (χ1) is 12.3. The highest BCUT2D eigenvalue weighted by atomic mass is 19.4. The third kappa shape index (κ3) is 3.45. The van der Waals surface area contributed by atoms with E-state index >= 15 is 0 Å². The van der Waals surface area contributed by atoms with Crippen LogP contribution in [0, 0.1) is 10.1 Å². The molecule has 134 valence electrons. The molecule has 0 saturated heterocycles. The summed E-state index contributed by atoms with van der Waals surface area (Å²) in [6, 6.07) is 15.7. The fraction of sp³-hybridized carbons (Fsp3) is 0.111. The zero-order valence-electron chi connectivity index (χ0n) is 13.3. The smallest absolute Gasteiger partial charge is 0.366 e. The van der Waals surface area contributed by atoms with Crippen LogP contribution in [0.15, 0.2) is 60.7 Å². The molecule has 1 unspecified atom stereocenters. The van der Waals surface area contributed by atoms with Crippen molar-refractivity contribution in [3.8, 4) is 0 Å². The Morgan fingerprint density at radius 3 is 2.42 bits per heavy atom. The number of nitrogens with one attached hydrogen (secondary N) is 1. The third-order valence-corrected chi connectivity index (χ3v) is 3.98. The lowest BCUT2D eigenvalue weighted by molar-refractivity contribution is -0.388. The Bertz CT molecular complexity index is 968. The van der Waals surface area contributed by atoms with E-state index in [2.05, 4.69) is 5.32 Å². The summed E-state index contributed by atoms with van der Waals surface area (Å²) in [5, 5.41) is 15.4. The number of nitrogens with zero attached hydrogens (tertiary/aromatic N) is 1. The minimum atomic E-state index is -4.84.